The van der Waals surface area contributed by atoms with Crippen LogP contribution in [0.5, 0.6) is 0 Å². The summed E-state index contributed by atoms with van der Waals surface area (Å²) in [6, 6.07) is 11.2. The molecule has 0 N–H and O–H groups in total. The van der Waals surface area contributed by atoms with Gasteiger partial charge in [0.2, 0.25) is 5.43 Å². The van der Waals surface area contributed by atoms with Crippen LogP contribution in [0.25, 0.3) is 22.1 Å². The molecule has 0 radical (unpaired) electrons. The van der Waals surface area contributed by atoms with Crippen LogP contribution in [0.4, 0.5) is 0 Å². The number of hydrogen-bond donors (Lipinski definition) is 0. The molecule has 0 spiro atoms. The highest BCUT2D eigenvalue weighted by molar-refractivity contribution is 6.13. The van der Waals surface area contributed by atoms with Gasteiger partial charge in [-0.3, -0.25) is 19.2 Å². The van der Waals surface area contributed by atoms with Gasteiger partial charge in [-0.2, -0.15) is 0 Å². The molecule has 0 aliphatic heterocycles. The topological polar surface area (TPSA) is 81.4 Å². The molecule has 26 heavy (non-hydrogen) atoms. The van der Waals surface area contributed by atoms with Gasteiger partial charge in [-0.15, -0.1) is 0 Å². The van der Waals surface area contributed by atoms with Crippen LogP contribution in [0.1, 0.15) is 52.0 Å². The highest BCUT2D eigenvalue weighted by Gasteiger charge is 2.25. The maximum absolute atomic E-state index is 13.1. The second-order valence-corrected chi connectivity index (χ2v) is 6.03. The second-order valence-electron chi connectivity index (χ2n) is 6.03. The van der Waals surface area contributed by atoms with Crippen LogP contribution in [-0.2, 0) is 0 Å². The average molecular weight is 348 g/mol. The van der Waals surface area contributed by atoms with Crippen LogP contribution >= 0.6 is 0 Å². The predicted molar refractivity (Wildman–Crippen MR) is 97.9 cm³/mol. The third-order valence-electron chi connectivity index (χ3n) is 4.18. The van der Waals surface area contributed by atoms with Crippen molar-refractivity contribution in [3.63, 3.8) is 0 Å². The third kappa shape index (κ3) is 2.77. The van der Waals surface area contributed by atoms with Crippen molar-refractivity contribution in [3.8, 4) is 11.1 Å². The Balaban J connectivity index is 2.53. The molecule has 3 rings (SSSR count). The number of Topliss-reactive ketones (excluding diaryl/α,β-unsaturated/α-hetero) is 3. The zero-order valence-corrected chi connectivity index (χ0v) is 14.6. The van der Waals surface area contributed by atoms with E-state index in [0.717, 1.165) is 0 Å². The van der Waals surface area contributed by atoms with Gasteiger partial charge in [0.1, 0.15) is 5.58 Å². The molecule has 0 saturated carbocycles. The summed E-state index contributed by atoms with van der Waals surface area (Å²) < 4.78 is 5.68. The van der Waals surface area contributed by atoms with Crippen molar-refractivity contribution in [1.29, 1.82) is 0 Å². The molecule has 1 heterocycles. The van der Waals surface area contributed by atoms with Gasteiger partial charge in [0.05, 0.1) is 10.9 Å². The first-order chi connectivity index (χ1) is 12.3. The lowest BCUT2D eigenvalue weighted by Crippen LogP contribution is -2.15. The summed E-state index contributed by atoms with van der Waals surface area (Å²) in [4.78, 5) is 49.5. The molecule has 3 aromatic rings. The molecule has 5 heteroatoms. The number of carbonyl (C=O) groups is 3. The fourth-order valence-corrected chi connectivity index (χ4v) is 3.07. The van der Waals surface area contributed by atoms with Crippen molar-refractivity contribution in [3.05, 3.63) is 69.6 Å². The Morgan fingerprint density at radius 2 is 1.50 bits per heavy atom. The number of fused-ring (bicyclic) bond motifs is 1. The maximum atomic E-state index is 13.1. The number of para-hydroxylation sites is 1. The minimum absolute atomic E-state index is 0.00417. The van der Waals surface area contributed by atoms with Crippen LogP contribution in [0, 0.1) is 0 Å². The Morgan fingerprint density at radius 1 is 0.808 bits per heavy atom. The third-order valence-corrected chi connectivity index (χ3v) is 4.18. The summed E-state index contributed by atoms with van der Waals surface area (Å²) in [6.45, 7) is 3.96. The van der Waals surface area contributed by atoms with Crippen LogP contribution in [-0.4, -0.2) is 17.3 Å². The first kappa shape index (κ1) is 17.5. The first-order valence-corrected chi connectivity index (χ1v) is 8.05. The fourth-order valence-electron chi connectivity index (χ4n) is 3.07. The van der Waals surface area contributed by atoms with Crippen molar-refractivity contribution in [1.82, 2.24) is 0 Å². The molecule has 0 atom stereocenters. The van der Waals surface area contributed by atoms with E-state index >= 15 is 0 Å². The molecule has 0 bridgehead atoms. The number of carbonyl (C=O) groups excluding carboxylic acids is 3. The highest BCUT2D eigenvalue weighted by atomic mass is 16.3. The smallest absolute Gasteiger partial charge is 0.201 e. The molecule has 5 nitrogen and oxygen atoms in total. The van der Waals surface area contributed by atoms with Crippen LogP contribution < -0.4 is 5.43 Å². The lowest BCUT2D eigenvalue weighted by Gasteiger charge is -2.13. The second kappa shape index (κ2) is 6.52. The monoisotopic (exact) mass is 348 g/mol. The van der Waals surface area contributed by atoms with Crippen LogP contribution in [0.15, 0.2) is 51.7 Å². The molecular formula is C21H16O5. The highest BCUT2D eigenvalue weighted by Crippen LogP contribution is 2.30. The molecule has 0 amide bonds. The van der Waals surface area contributed by atoms with E-state index in [2.05, 4.69) is 0 Å². The first-order valence-electron chi connectivity index (χ1n) is 8.05. The summed E-state index contributed by atoms with van der Waals surface area (Å²) >= 11 is 0. The maximum Gasteiger partial charge on any atom is 0.201 e. The zero-order chi connectivity index (χ0) is 19.0. The van der Waals surface area contributed by atoms with Gasteiger partial charge >= 0.3 is 0 Å². The van der Waals surface area contributed by atoms with Gasteiger partial charge in [-0.25, -0.2) is 0 Å². The minimum Gasteiger partial charge on any atom is -0.452 e. The van der Waals surface area contributed by atoms with Gasteiger partial charge in [-0.1, -0.05) is 30.3 Å². The van der Waals surface area contributed by atoms with Crippen molar-refractivity contribution >= 4 is 28.3 Å². The molecule has 0 aliphatic carbocycles. The van der Waals surface area contributed by atoms with Gasteiger partial charge < -0.3 is 4.42 Å². The summed E-state index contributed by atoms with van der Waals surface area (Å²) in [6.07, 6.45) is 0. The summed E-state index contributed by atoms with van der Waals surface area (Å²) in [5, 5.41) is 0.301. The molecule has 0 fully saturated rings. The quantitative estimate of drug-likeness (QED) is 0.664. The molecule has 0 unspecified atom stereocenters. The van der Waals surface area contributed by atoms with Crippen molar-refractivity contribution in [2.75, 3.05) is 0 Å². The minimum atomic E-state index is -0.439. The normalized spacial score (nSPS) is 10.7. The van der Waals surface area contributed by atoms with Gasteiger partial charge in [0.15, 0.2) is 23.1 Å². The van der Waals surface area contributed by atoms with E-state index in [1.54, 1.807) is 36.4 Å². The largest absolute Gasteiger partial charge is 0.452 e. The number of benzene rings is 2. The summed E-state index contributed by atoms with van der Waals surface area (Å²) in [5.41, 5.74) is 0.431. The lowest BCUT2D eigenvalue weighted by molar-refractivity contribution is 0.0980. The van der Waals surface area contributed by atoms with Crippen molar-refractivity contribution in [2.45, 2.75) is 20.8 Å². The Bertz CT molecular complexity index is 1130. The summed E-state index contributed by atoms with van der Waals surface area (Å²) in [5.74, 6) is -1.23. The van der Waals surface area contributed by atoms with E-state index in [-0.39, 0.29) is 39.6 Å². The molecule has 2 aromatic carbocycles. The standard InChI is InChI=1S/C21H16O5/c1-11(22)14-8-6-9-16(18(14)12(2)23)19-20(25)15-7-4-5-10-17(15)26-21(19)13(3)24/h4-10H,1-3H3. The zero-order valence-electron chi connectivity index (χ0n) is 14.6. The van der Waals surface area contributed by atoms with Gasteiger partial charge in [0, 0.05) is 23.6 Å². The predicted octanol–water partition coefficient (Wildman–Crippen LogP) is 4.07. The van der Waals surface area contributed by atoms with Gasteiger partial charge in [0.25, 0.3) is 0 Å². The van der Waals surface area contributed by atoms with E-state index in [4.69, 9.17) is 4.42 Å². The van der Waals surface area contributed by atoms with Crippen molar-refractivity contribution < 1.29 is 18.8 Å². The van der Waals surface area contributed by atoms with E-state index in [0.29, 0.717) is 11.0 Å². The Morgan fingerprint density at radius 3 is 2.12 bits per heavy atom. The number of rotatable bonds is 4. The molecule has 1 aromatic heterocycles. The molecular weight excluding hydrogens is 332 g/mol. The Hall–Kier alpha value is -3.34. The summed E-state index contributed by atoms with van der Waals surface area (Å²) in [7, 11) is 0. The van der Waals surface area contributed by atoms with E-state index in [1.807, 2.05) is 0 Å². The number of ketones is 3. The van der Waals surface area contributed by atoms with Crippen LogP contribution in [0.2, 0.25) is 0 Å². The van der Waals surface area contributed by atoms with Crippen molar-refractivity contribution in [2.24, 2.45) is 0 Å². The van der Waals surface area contributed by atoms with E-state index in [1.165, 1.54) is 26.8 Å². The molecule has 130 valence electrons. The number of hydrogen-bond acceptors (Lipinski definition) is 5. The van der Waals surface area contributed by atoms with Gasteiger partial charge in [-0.05, 0) is 26.0 Å². The van der Waals surface area contributed by atoms with Crippen LogP contribution in [0.3, 0.4) is 0 Å². The lowest BCUT2D eigenvalue weighted by atomic mass is 9.90. The fraction of sp³-hybridized carbons (Fsp3) is 0.143. The SMILES string of the molecule is CC(=O)c1cccc(-c2c(C(C)=O)oc3ccccc3c2=O)c1C(C)=O. The molecule has 0 aliphatic rings. The Kier molecular flexibility index (Phi) is 4.38. The van der Waals surface area contributed by atoms with E-state index < -0.39 is 11.2 Å². The molecule has 0 saturated heterocycles. The average Bonchev–Trinajstić information content (AvgIpc) is 2.60. The van der Waals surface area contributed by atoms with E-state index in [9.17, 15) is 19.2 Å². The Labute approximate surface area is 149 Å².